The van der Waals surface area contributed by atoms with Gasteiger partial charge in [0.1, 0.15) is 6.04 Å². The molecule has 22 heavy (non-hydrogen) atoms. The van der Waals surface area contributed by atoms with Crippen LogP contribution >= 0.6 is 0 Å². The van der Waals surface area contributed by atoms with E-state index in [9.17, 15) is 9.59 Å². The number of rotatable bonds is 7. The summed E-state index contributed by atoms with van der Waals surface area (Å²) in [5.41, 5.74) is 1.36. The lowest BCUT2D eigenvalue weighted by Gasteiger charge is -2.13. The molecule has 2 rings (SSSR count). The number of likely N-dealkylation sites (N-methyl/N-ethyl adjacent to an activating group) is 1. The van der Waals surface area contributed by atoms with Gasteiger partial charge in [0.05, 0.1) is 0 Å². The summed E-state index contributed by atoms with van der Waals surface area (Å²) in [7, 11) is 1.76. The number of carbonyl (C=O) groups excluding carboxylic acids is 2. The second kappa shape index (κ2) is 8.41. The van der Waals surface area contributed by atoms with Gasteiger partial charge in [-0.3, -0.25) is 4.79 Å². The van der Waals surface area contributed by atoms with Gasteiger partial charge in [0.25, 0.3) is 0 Å². The van der Waals surface area contributed by atoms with E-state index in [2.05, 4.69) is 34.9 Å². The zero-order valence-corrected chi connectivity index (χ0v) is 13.2. The number of likely N-dealkylation sites (tertiary alicyclic amines) is 1. The smallest absolute Gasteiger partial charge is 0.315 e. The Kier molecular flexibility index (Phi) is 6.25. The molecule has 120 valence electrons. The lowest BCUT2D eigenvalue weighted by atomic mass is 10.1. The lowest BCUT2D eigenvalue weighted by molar-refractivity contribution is -0.128. The number of aryl methyl sites for hydroxylation is 1. The summed E-state index contributed by atoms with van der Waals surface area (Å²) in [4.78, 5) is 25.0. The van der Waals surface area contributed by atoms with E-state index in [1.807, 2.05) is 6.07 Å². The third-order valence-corrected chi connectivity index (χ3v) is 4.00. The van der Waals surface area contributed by atoms with E-state index in [0.717, 1.165) is 25.7 Å². The molecular formula is C17H25N3O2. The number of amides is 3. The fourth-order valence-corrected chi connectivity index (χ4v) is 2.64. The van der Waals surface area contributed by atoms with Crippen LogP contribution in [0, 0.1) is 0 Å². The molecule has 1 aromatic carbocycles. The van der Waals surface area contributed by atoms with Crippen molar-refractivity contribution in [3.05, 3.63) is 35.9 Å². The molecule has 2 N–H and O–H groups in total. The summed E-state index contributed by atoms with van der Waals surface area (Å²) < 4.78 is 0. The second-order valence-electron chi connectivity index (χ2n) is 5.80. The van der Waals surface area contributed by atoms with Crippen molar-refractivity contribution in [2.45, 2.75) is 38.1 Å². The van der Waals surface area contributed by atoms with Gasteiger partial charge in [-0.15, -0.1) is 0 Å². The lowest BCUT2D eigenvalue weighted by Crippen LogP contribution is -2.45. The zero-order valence-electron chi connectivity index (χ0n) is 13.2. The fourth-order valence-electron chi connectivity index (χ4n) is 2.64. The van der Waals surface area contributed by atoms with Crippen LogP contribution in [0.4, 0.5) is 4.79 Å². The molecule has 0 aromatic heterocycles. The van der Waals surface area contributed by atoms with Crippen molar-refractivity contribution in [1.29, 1.82) is 0 Å². The standard InChI is InChI=1S/C17H25N3O2/c1-20-13-11-15(16(20)21)19-17(22)18-12-7-3-6-10-14-8-4-2-5-9-14/h2,4-5,8-9,15H,3,6-7,10-13H2,1H3,(H2,18,19,22)/t15-/m0/s1. The molecule has 0 unspecified atom stereocenters. The molecule has 1 aliphatic heterocycles. The number of hydrogen-bond acceptors (Lipinski definition) is 2. The molecule has 1 saturated heterocycles. The Morgan fingerprint density at radius 3 is 2.68 bits per heavy atom. The maximum atomic E-state index is 11.7. The third kappa shape index (κ3) is 5.06. The van der Waals surface area contributed by atoms with Gasteiger partial charge in [-0.05, 0) is 31.2 Å². The minimum atomic E-state index is -0.358. The predicted molar refractivity (Wildman–Crippen MR) is 86.6 cm³/mol. The van der Waals surface area contributed by atoms with Crippen LogP contribution in [0.25, 0.3) is 0 Å². The number of carbonyl (C=O) groups is 2. The summed E-state index contributed by atoms with van der Waals surface area (Å²) in [6.07, 6.45) is 4.94. The first-order chi connectivity index (χ1) is 10.7. The Balaban J connectivity index is 1.51. The van der Waals surface area contributed by atoms with Crippen molar-refractivity contribution in [1.82, 2.24) is 15.5 Å². The molecule has 0 spiro atoms. The summed E-state index contributed by atoms with van der Waals surface area (Å²) >= 11 is 0. The van der Waals surface area contributed by atoms with Crippen LogP contribution in [0.3, 0.4) is 0 Å². The summed E-state index contributed by atoms with van der Waals surface area (Å²) in [6, 6.07) is 9.83. The van der Waals surface area contributed by atoms with Gasteiger partial charge in [-0.25, -0.2) is 4.79 Å². The quantitative estimate of drug-likeness (QED) is 0.756. The van der Waals surface area contributed by atoms with Crippen LogP contribution in [0.15, 0.2) is 30.3 Å². The van der Waals surface area contributed by atoms with E-state index in [-0.39, 0.29) is 18.0 Å². The minimum Gasteiger partial charge on any atom is -0.344 e. The number of benzene rings is 1. The van der Waals surface area contributed by atoms with Gasteiger partial charge >= 0.3 is 6.03 Å². The first-order valence-electron chi connectivity index (χ1n) is 8.00. The highest BCUT2D eigenvalue weighted by atomic mass is 16.2. The first kappa shape index (κ1) is 16.3. The van der Waals surface area contributed by atoms with Crippen molar-refractivity contribution in [2.75, 3.05) is 20.1 Å². The van der Waals surface area contributed by atoms with Crippen molar-refractivity contribution in [3.8, 4) is 0 Å². The van der Waals surface area contributed by atoms with Crippen LogP contribution in [-0.2, 0) is 11.2 Å². The highest BCUT2D eigenvalue weighted by molar-refractivity contribution is 5.88. The van der Waals surface area contributed by atoms with Gasteiger partial charge in [0.2, 0.25) is 5.91 Å². The highest BCUT2D eigenvalue weighted by Gasteiger charge is 2.29. The molecule has 1 heterocycles. The average Bonchev–Trinajstić information content (AvgIpc) is 2.84. The van der Waals surface area contributed by atoms with E-state index in [1.165, 1.54) is 5.56 Å². The topological polar surface area (TPSA) is 61.4 Å². The average molecular weight is 303 g/mol. The molecule has 5 nitrogen and oxygen atoms in total. The Labute approximate surface area is 132 Å². The Morgan fingerprint density at radius 2 is 2.00 bits per heavy atom. The van der Waals surface area contributed by atoms with Gasteiger partial charge in [-0.2, -0.15) is 0 Å². The van der Waals surface area contributed by atoms with E-state index in [0.29, 0.717) is 19.5 Å². The van der Waals surface area contributed by atoms with Gasteiger partial charge < -0.3 is 15.5 Å². The normalized spacial score (nSPS) is 17.6. The number of hydrogen-bond donors (Lipinski definition) is 2. The Morgan fingerprint density at radius 1 is 1.23 bits per heavy atom. The first-order valence-corrected chi connectivity index (χ1v) is 8.00. The van der Waals surface area contributed by atoms with Crippen molar-refractivity contribution in [3.63, 3.8) is 0 Å². The van der Waals surface area contributed by atoms with Gasteiger partial charge in [0, 0.05) is 20.1 Å². The van der Waals surface area contributed by atoms with Crippen LogP contribution in [0.2, 0.25) is 0 Å². The van der Waals surface area contributed by atoms with Crippen LogP contribution in [0.5, 0.6) is 0 Å². The summed E-state index contributed by atoms with van der Waals surface area (Å²) in [5.74, 6) is -0.00184. The molecule has 1 fully saturated rings. The molecule has 0 aliphatic carbocycles. The van der Waals surface area contributed by atoms with E-state index in [1.54, 1.807) is 11.9 Å². The molecule has 0 bridgehead atoms. The molecule has 0 saturated carbocycles. The Hall–Kier alpha value is -2.04. The molecule has 3 amide bonds. The number of nitrogens with zero attached hydrogens (tertiary/aromatic N) is 1. The van der Waals surface area contributed by atoms with Crippen LogP contribution < -0.4 is 10.6 Å². The van der Waals surface area contributed by atoms with Gasteiger partial charge in [-0.1, -0.05) is 36.8 Å². The largest absolute Gasteiger partial charge is 0.344 e. The maximum absolute atomic E-state index is 11.7. The highest BCUT2D eigenvalue weighted by Crippen LogP contribution is 2.08. The molecular weight excluding hydrogens is 278 g/mol. The number of urea groups is 1. The SMILES string of the molecule is CN1CC[C@H](NC(=O)NCCCCCc2ccccc2)C1=O. The van der Waals surface area contributed by atoms with Crippen molar-refractivity contribution < 1.29 is 9.59 Å². The Bertz CT molecular complexity index is 490. The summed E-state index contributed by atoms with van der Waals surface area (Å²) in [5, 5.41) is 5.56. The van der Waals surface area contributed by atoms with E-state index in [4.69, 9.17) is 0 Å². The number of nitrogens with one attached hydrogen (secondary N) is 2. The van der Waals surface area contributed by atoms with Gasteiger partial charge in [0.15, 0.2) is 0 Å². The van der Waals surface area contributed by atoms with Crippen molar-refractivity contribution in [2.24, 2.45) is 0 Å². The second-order valence-corrected chi connectivity index (χ2v) is 5.80. The van der Waals surface area contributed by atoms with E-state index >= 15 is 0 Å². The molecule has 0 radical (unpaired) electrons. The maximum Gasteiger partial charge on any atom is 0.315 e. The third-order valence-electron chi connectivity index (χ3n) is 4.00. The monoisotopic (exact) mass is 303 g/mol. The fraction of sp³-hybridized carbons (Fsp3) is 0.529. The molecule has 1 aromatic rings. The number of unbranched alkanes of at least 4 members (excludes halogenated alkanes) is 2. The van der Waals surface area contributed by atoms with Crippen LogP contribution in [-0.4, -0.2) is 43.0 Å². The molecule has 1 aliphatic rings. The summed E-state index contributed by atoms with van der Waals surface area (Å²) in [6.45, 7) is 1.36. The molecule has 1 atom stereocenters. The zero-order chi connectivity index (χ0) is 15.8. The molecule has 5 heteroatoms. The van der Waals surface area contributed by atoms with Crippen LogP contribution in [0.1, 0.15) is 31.2 Å². The van der Waals surface area contributed by atoms with E-state index < -0.39 is 0 Å². The predicted octanol–water partition coefficient (Wildman–Crippen LogP) is 1.93. The minimum absolute atomic E-state index is 0.00184. The van der Waals surface area contributed by atoms with Crippen molar-refractivity contribution >= 4 is 11.9 Å².